The molecule has 0 spiro atoms. The second kappa shape index (κ2) is 12.4. The van der Waals surface area contributed by atoms with Crippen molar-refractivity contribution in [2.45, 2.75) is 13.5 Å². The molecule has 3 N–H and O–H groups in total. The van der Waals surface area contributed by atoms with Crippen LogP contribution in [0.5, 0.6) is 0 Å². The number of nitriles is 2. The van der Waals surface area contributed by atoms with Crippen LogP contribution in [0.3, 0.4) is 0 Å². The summed E-state index contributed by atoms with van der Waals surface area (Å²) in [4.78, 5) is 21.3. The van der Waals surface area contributed by atoms with Gasteiger partial charge in [-0.2, -0.15) is 10.5 Å². The molecule has 1 aliphatic heterocycles. The quantitative estimate of drug-likeness (QED) is 0.364. The summed E-state index contributed by atoms with van der Waals surface area (Å²) >= 11 is 0. The first-order valence-electron chi connectivity index (χ1n) is 12.5. The van der Waals surface area contributed by atoms with Crippen molar-refractivity contribution in [2.75, 3.05) is 53.6 Å². The Bertz CT molecular complexity index is 1380. The van der Waals surface area contributed by atoms with Crippen molar-refractivity contribution in [3.8, 4) is 12.1 Å². The van der Waals surface area contributed by atoms with Gasteiger partial charge in [-0.1, -0.05) is 25.6 Å². The molecule has 1 aromatic heterocycles. The highest BCUT2D eigenvalue weighted by Gasteiger charge is 2.18. The molecule has 2 aromatic carbocycles. The van der Waals surface area contributed by atoms with E-state index in [1.165, 1.54) is 12.3 Å². The summed E-state index contributed by atoms with van der Waals surface area (Å²) < 4.78 is 0. The van der Waals surface area contributed by atoms with Crippen LogP contribution in [-0.2, 0) is 11.3 Å². The van der Waals surface area contributed by atoms with Crippen molar-refractivity contribution in [2.24, 2.45) is 0 Å². The molecule has 1 saturated heterocycles. The second-order valence-corrected chi connectivity index (χ2v) is 8.86. The van der Waals surface area contributed by atoms with Crippen LogP contribution in [0.1, 0.15) is 23.6 Å². The minimum atomic E-state index is -0.307. The molecular weight excluding hydrogens is 476 g/mol. The zero-order valence-corrected chi connectivity index (χ0v) is 21.4. The zero-order chi connectivity index (χ0) is 26.9. The summed E-state index contributed by atoms with van der Waals surface area (Å²) in [7, 11) is 0. The fraction of sp³-hybridized carbons (Fsp3) is 0.241. The number of hydrogen-bond acceptors (Lipinski definition) is 8. The third-order valence-electron chi connectivity index (χ3n) is 6.48. The van der Waals surface area contributed by atoms with Crippen LogP contribution in [-0.4, -0.2) is 48.5 Å². The lowest BCUT2D eigenvalue weighted by Gasteiger charge is -2.35. The minimum absolute atomic E-state index is 0.307. The fourth-order valence-electron chi connectivity index (χ4n) is 4.24. The highest BCUT2D eigenvalue weighted by molar-refractivity contribution is 6.02. The van der Waals surface area contributed by atoms with Crippen molar-refractivity contribution in [1.82, 2.24) is 9.88 Å². The number of rotatable bonds is 9. The number of carbonyl (C=O) groups excluding carboxylic acids is 1. The Morgan fingerprint density at radius 2 is 1.79 bits per heavy atom. The number of nitrogens with zero attached hydrogens (tertiary/aromatic N) is 5. The topological polar surface area (TPSA) is 120 Å². The van der Waals surface area contributed by atoms with Gasteiger partial charge in [-0.3, -0.25) is 4.79 Å². The Labute approximate surface area is 223 Å². The molecule has 1 aliphatic rings. The number of piperazine rings is 1. The highest BCUT2D eigenvalue weighted by atomic mass is 16.1. The standard InChI is InChI=1S/C29H30N8O/c1-3-29(38)35-27-15-24(37-13-11-36(4-2)12-14-37)9-10-25(27)34-28-16-26(23(18-31)20-33-28)32-19-22-7-5-21(17-30)6-8-22/h3,5-10,15-16,20H,1,4,11-14,19H2,2H3,(H,35,38)(H2,32,33,34). The highest BCUT2D eigenvalue weighted by Crippen LogP contribution is 2.31. The second-order valence-electron chi connectivity index (χ2n) is 8.86. The van der Waals surface area contributed by atoms with E-state index in [0.717, 1.165) is 44.0 Å². The Morgan fingerprint density at radius 3 is 2.45 bits per heavy atom. The van der Waals surface area contributed by atoms with Gasteiger partial charge in [-0.15, -0.1) is 0 Å². The van der Waals surface area contributed by atoms with E-state index in [2.05, 4.69) is 56.4 Å². The van der Waals surface area contributed by atoms with Crippen molar-refractivity contribution in [3.05, 3.63) is 84.1 Å². The van der Waals surface area contributed by atoms with Crippen molar-refractivity contribution >= 4 is 34.5 Å². The average Bonchev–Trinajstić information content (AvgIpc) is 2.97. The van der Waals surface area contributed by atoms with Crippen LogP contribution < -0.4 is 20.9 Å². The lowest BCUT2D eigenvalue weighted by molar-refractivity contribution is -0.111. The molecule has 0 bridgehead atoms. The molecule has 0 radical (unpaired) electrons. The first kappa shape index (κ1) is 26.2. The number of nitrogens with one attached hydrogen (secondary N) is 3. The Kier molecular flexibility index (Phi) is 8.55. The minimum Gasteiger partial charge on any atom is -0.380 e. The van der Waals surface area contributed by atoms with E-state index in [9.17, 15) is 10.1 Å². The van der Waals surface area contributed by atoms with Crippen LogP contribution in [0.15, 0.2) is 67.4 Å². The molecule has 3 aromatic rings. The molecule has 4 rings (SSSR count). The van der Waals surface area contributed by atoms with Crippen LogP contribution in [0.25, 0.3) is 0 Å². The van der Waals surface area contributed by atoms with Crippen LogP contribution in [0.4, 0.5) is 28.6 Å². The van der Waals surface area contributed by atoms with Crippen molar-refractivity contribution in [1.29, 1.82) is 10.5 Å². The number of pyridine rings is 1. The van der Waals surface area contributed by atoms with Crippen LogP contribution in [0, 0.1) is 22.7 Å². The van der Waals surface area contributed by atoms with E-state index in [-0.39, 0.29) is 5.91 Å². The molecule has 9 nitrogen and oxygen atoms in total. The molecule has 0 saturated carbocycles. The normalized spacial score (nSPS) is 13.2. The first-order chi connectivity index (χ1) is 18.5. The van der Waals surface area contributed by atoms with Gasteiger partial charge in [0.1, 0.15) is 11.9 Å². The van der Waals surface area contributed by atoms with Gasteiger partial charge in [0.15, 0.2) is 0 Å². The number of benzene rings is 2. The summed E-state index contributed by atoms with van der Waals surface area (Å²) in [6.45, 7) is 11.1. The maximum absolute atomic E-state index is 12.2. The summed E-state index contributed by atoms with van der Waals surface area (Å²) in [6.07, 6.45) is 2.74. The van der Waals surface area contributed by atoms with Gasteiger partial charge in [-0.25, -0.2) is 4.98 Å². The number of likely N-dealkylation sites (N-methyl/N-ethyl adjacent to an activating group) is 1. The zero-order valence-electron chi connectivity index (χ0n) is 21.4. The average molecular weight is 507 g/mol. The number of anilines is 5. The molecular formula is C29H30N8O. The molecule has 9 heteroatoms. The summed E-state index contributed by atoms with van der Waals surface area (Å²) in [5.41, 5.74) is 4.92. The van der Waals surface area contributed by atoms with Crippen LogP contribution >= 0.6 is 0 Å². The maximum atomic E-state index is 12.2. The van der Waals surface area contributed by atoms with Gasteiger partial charge in [0.25, 0.3) is 0 Å². The molecule has 0 aliphatic carbocycles. The Morgan fingerprint density at radius 1 is 1.03 bits per heavy atom. The third kappa shape index (κ3) is 6.47. The molecule has 0 atom stereocenters. The first-order valence-corrected chi connectivity index (χ1v) is 12.5. The SMILES string of the molecule is C=CC(=O)Nc1cc(N2CCN(CC)CC2)ccc1Nc1cc(NCc2ccc(C#N)cc2)c(C#N)cn1. The largest absolute Gasteiger partial charge is 0.380 e. The van der Waals surface area contributed by atoms with E-state index in [4.69, 9.17) is 5.26 Å². The fourth-order valence-corrected chi connectivity index (χ4v) is 4.24. The summed E-state index contributed by atoms with van der Waals surface area (Å²) in [5, 5.41) is 28.0. The van der Waals surface area contributed by atoms with Gasteiger partial charge >= 0.3 is 0 Å². The molecule has 2 heterocycles. The van der Waals surface area contributed by atoms with Gasteiger partial charge in [0.2, 0.25) is 5.91 Å². The molecule has 1 fully saturated rings. The van der Waals surface area contributed by atoms with Gasteiger partial charge < -0.3 is 25.8 Å². The van der Waals surface area contributed by atoms with Gasteiger partial charge in [0.05, 0.1) is 34.3 Å². The third-order valence-corrected chi connectivity index (χ3v) is 6.48. The maximum Gasteiger partial charge on any atom is 0.247 e. The van der Waals surface area contributed by atoms with Gasteiger partial charge in [0, 0.05) is 50.7 Å². The van der Waals surface area contributed by atoms with Crippen LogP contribution in [0.2, 0.25) is 0 Å². The van der Waals surface area contributed by atoms with E-state index < -0.39 is 0 Å². The smallest absolute Gasteiger partial charge is 0.247 e. The number of hydrogen-bond donors (Lipinski definition) is 3. The Hall–Kier alpha value is -4.86. The molecule has 192 valence electrons. The molecule has 1 amide bonds. The summed E-state index contributed by atoms with van der Waals surface area (Å²) in [6, 6.07) is 19.2. The number of amides is 1. The van der Waals surface area contributed by atoms with Crippen molar-refractivity contribution < 1.29 is 4.79 Å². The number of carbonyl (C=O) groups is 1. The van der Waals surface area contributed by atoms with Crippen molar-refractivity contribution in [3.63, 3.8) is 0 Å². The predicted octanol–water partition coefficient (Wildman–Crippen LogP) is 4.45. The van der Waals surface area contributed by atoms with E-state index in [1.807, 2.05) is 30.3 Å². The van der Waals surface area contributed by atoms with E-state index in [1.54, 1.807) is 18.2 Å². The Balaban J connectivity index is 1.54. The lowest BCUT2D eigenvalue weighted by atomic mass is 10.1. The van der Waals surface area contributed by atoms with Gasteiger partial charge in [-0.05, 0) is 48.5 Å². The predicted molar refractivity (Wildman–Crippen MR) is 150 cm³/mol. The van der Waals surface area contributed by atoms with E-state index >= 15 is 0 Å². The lowest BCUT2D eigenvalue weighted by Crippen LogP contribution is -2.46. The molecule has 0 unspecified atom stereocenters. The monoisotopic (exact) mass is 506 g/mol. The number of aromatic nitrogens is 1. The summed E-state index contributed by atoms with van der Waals surface area (Å²) in [5.74, 6) is 0.211. The molecule has 38 heavy (non-hydrogen) atoms. The van der Waals surface area contributed by atoms with E-state index in [0.29, 0.717) is 40.6 Å².